The number of nitrogens with two attached hydrogens (primary N) is 1. The molecular weight excluding hydrogens is 238 g/mol. The number of fused-ring (bicyclic) bond motifs is 1. The summed E-state index contributed by atoms with van der Waals surface area (Å²) < 4.78 is 1.92. The molecule has 2 aliphatic heterocycles. The number of aromatic nitrogens is 2. The quantitative estimate of drug-likeness (QED) is 0.674. The molecule has 0 saturated carbocycles. The van der Waals surface area contributed by atoms with Gasteiger partial charge in [0.05, 0.1) is 17.0 Å². The van der Waals surface area contributed by atoms with Crippen LogP contribution in [-0.2, 0) is 7.05 Å². The molecule has 1 aromatic carbocycles. The van der Waals surface area contributed by atoms with Crippen molar-refractivity contribution in [1.29, 1.82) is 0 Å². The molecule has 94 valence electrons. The molecule has 2 heterocycles. The van der Waals surface area contributed by atoms with Crippen molar-refractivity contribution in [3.63, 3.8) is 0 Å². The van der Waals surface area contributed by atoms with E-state index in [-0.39, 0.29) is 5.56 Å². The van der Waals surface area contributed by atoms with E-state index >= 15 is 0 Å². The van der Waals surface area contributed by atoms with Gasteiger partial charge in [-0.3, -0.25) is 4.79 Å². The molecule has 2 aliphatic rings. The Hall–Kier alpha value is -2.62. The summed E-state index contributed by atoms with van der Waals surface area (Å²) in [5.74, 6) is 0. The molecule has 4 heteroatoms. The summed E-state index contributed by atoms with van der Waals surface area (Å²) in [5.41, 5.74) is 9.20. The predicted octanol–water partition coefficient (Wildman–Crippen LogP) is 2.13. The smallest absolute Gasteiger partial charge is 0.279 e. The standard InChI is InChI=1S/C15H13N3O/c1-18-8-2-3-12-14(18)9-13(17-15(12)19)10-4-6-11(16)7-5-10/h2-9H,16H2,1H3. The maximum absolute atomic E-state index is 12.0. The van der Waals surface area contributed by atoms with Gasteiger partial charge in [0.15, 0.2) is 0 Å². The summed E-state index contributed by atoms with van der Waals surface area (Å²) in [6.45, 7) is 0. The molecule has 3 rings (SSSR count). The van der Waals surface area contributed by atoms with E-state index in [0.717, 1.165) is 11.3 Å². The first-order valence-corrected chi connectivity index (χ1v) is 5.97. The maximum Gasteiger partial charge on any atom is 0.279 e. The summed E-state index contributed by atoms with van der Waals surface area (Å²) >= 11 is 0. The van der Waals surface area contributed by atoms with Gasteiger partial charge < -0.3 is 10.3 Å². The molecule has 0 unspecified atom stereocenters. The molecule has 4 nitrogen and oxygen atoms in total. The minimum atomic E-state index is -0.208. The van der Waals surface area contributed by atoms with Crippen LogP contribution >= 0.6 is 0 Å². The van der Waals surface area contributed by atoms with E-state index < -0.39 is 0 Å². The fourth-order valence-corrected chi connectivity index (χ4v) is 2.12. The first kappa shape index (κ1) is 11.5. The average Bonchev–Trinajstić information content (AvgIpc) is 2.41. The van der Waals surface area contributed by atoms with Gasteiger partial charge in [-0.15, -0.1) is 0 Å². The molecule has 0 aromatic heterocycles. The van der Waals surface area contributed by atoms with Crippen molar-refractivity contribution < 1.29 is 0 Å². The van der Waals surface area contributed by atoms with Gasteiger partial charge in [0.1, 0.15) is 0 Å². The lowest BCUT2D eigenvalue weighted by Crippen LogP contribution is -2.14. The molecule has 1 aromatic rings. The summed E-state index contributed by atoms with van der Waals surface area (Å²) in [6, 6.07) is 12.9. The summed E-state index contributed by atoms with van der Waals surface area (Å²) in [6.07, 6.45) is 1.91. The van der Waals surface area contributed by atoms with Crippen LogP contribution in [0.15, 0.2) is 53.5 Å². The van der Waals surface area contributed by atoms with Crippen LogP contribution in [0.5, 0.6) is 0 Å². The van der Waals surface area contributed by atoms with Crippen LogP contribution in [0.2, 0.25) is 0 Å². The predicted molar refractivity (Wildman–Crippen MR) is 75.9 cm³/mol. The van der Waals surface area contributed by atoms with Crippen LogP contribution in [0.4, 0.5) is 5.69 Å². The van der Waals surface area contributed by atoms with Crippen molar-refractivity contribution in [2.45, 2.75) is 0 Å². The fraction of sp³-hybridized carbons (Fsp3) is 0.0667. The van der Waals surface area contributed by atoms with Gasteiger partial charge in [0.2, 0.25) is 0 Å². The van der Waals surface area contributed by atoms with Crippen LogP contribution in [-0.4, -0.2) is 9.55 Å². The third-order valence-corrected chi connectivity index (χ3v) is 3.16. The van der Waals surface area contributed by atoms with E-state index in [0.29, 0.717) is 16.9 Å². The van der Waals surface area contributed by atoms with Crippen LogP contribution in [0.1, 0.15) is 0 Å². The number of hydrogen-bond acceptors (Lipinski definition) is 3. The van der Waals surface area contributed by atoms with Crippen LogP contribution in [0.25, 0.3) is 22.5 Å². The third-order valence-electron chi connectivity index (χ3n) is 3.16. The molecule has 0 atom stereocenters. The Bertz CT molecular complexity index is 759. The highest BCUT2D eigenvalue weighted by atomic mass is 16.1. The van der Waals surface area contributed by atoms with Crippen LogP contribution in [0.3, 0.4) is 0 Å². The van der Waals surface area contributed by atoms with Crippen molar-refractivity contribution in [3.8, 4) is 22.5 Å². The molecular formula is C15H13N3O. The minimum absolute atomic E-state index is 0.208. The Morgan fingerprint density at radius 1 is 1.16 bits per heavy atom. The monoisotopic (exact) mass is 251 g/mol. The Morgan fingerprint density at radius 2 is 1.89 bits per heavy atom. The Labute approximate surface area is 110 Å². The van der Waals surface area contributed by atoms with E-state index in [1.54, 1.807) is 18.2 Å². The number of nitrogens with zero attached hydrogens (tertiary/aromatic N) is 2. The zero-order valence-electron chi connectivity index (χ0n) is 10.5. The Morgan fingerprint density at radius 3 is 2.63 bits per heavy atom. The molecule has 19 heavy (non-hydrogen) atoms. The summed E-state index contributed by atoms with van der Waals surface area (Å²) in [4.78, 5) is 16.2. The number of anilines is 1. The normalized spacial score (nSPS) is 10.8. The van der Waals surface area contributed by atoms with E-state index in [1.807, 2.05) is 42.1 Å². The maximum atomic E-state index is 12.0. The lowest BCUT2D eigenvalue weighted by Gasteiger charge is -2.11. The minimum Gasteiger partial charge on any atom is -0.399 e. The number of benzene rings is 1. The van der Waals surface area contributed by atoms with Gasteiger partial charge >= 0.3 is 0 Å². The van der Waals surface area contributed by atoms with E-state index in [2.05, 4.69) is 4.98 Å². The second kappa shape index (κ2) is 4.24. The van der Waals surface area contributed by atoms with E-state index in [9.17, 15) is 4.79 Å². The highest BCUT2D eigenvalue weighted by Gasteiger charge is 2.12. The molecule has 0 amide bonds. The second-order valence-corrected chi connectivity index (χ2v) is 4.49. The van der Waals surface area contributed by atoms with Crippen molar-refractivity contribution in [2.75, 3.05) is 5.73 Å². The highest BCUT2D eigenvalue weighted by molar-refractivity contribution is 5.70. The lowest BCUT2D eigenvalue weighted by molar-refractivity contribution is 0.906. The largest absolute Gasteiger partial charge is 0.399 e. The number of nitrogen functional groups attached to an aromatic ring is 1. The van der Waals surface area contributed by atoms with E-state index in [1.165, 1.54) is 0 Å². The number of aryl methyl sites for hydroxylation is 1. The van der Waals surface area contributed by atoms with Gasteiger partial charge in [0, 0.05) is 24.5 Å². The van der Waals surface area contributed by atoms with Crippen molar-refractivity contribution in [3.05, 3.63) is 59.0 Å². The lowest BCUT2D eigenvalue weighted by atomic mass is 10.1. The molecule has 0 radical (unpaired) electrons. The first-order valence-electron chi connectivity index (χ1n) is 5.97. The SMILES string of the molecule is Cn1cccc2c(=O)nc(-c3ccc(N)cc3)cc1-2. The van der Waals surface area contributed by atoms with Crippen molar-refractivity contribution in [1.82, 2.24) is 9.55 Å². The first-order chi connectivity index (χ1) is 9.15. The Balaban J connectivity index is 2.26. The second-order valence-electron chi connectivity index (χ2n) is 4.49. The van der Waals surface area contributed by atoms with Crippen molar-refractivity contribution >= 4 is 5.69 Å². The summed E-state index contributed by atoms with van der Waals surface area (Å²) in [5, 5.41) is 0. The average molecular weight is 251 g/mol. The molecule has 0 fully saturated rings. The fourth-order valence-electron chi connectivity index (χ4n) is 2.12. The zero-order chi connectivity index (χ0) is 13.4. The summed E-state index contributed by atoms with van der Waals surface area (Å²) in [7, 11) is 1.91. The molecule has 0 saturated heterocycles. The van der Waals surface area contributed by atoms with E-state index in [4.69, 9.17) is 5.73 Å². The highest BCUT2D eigenvalue weighted by Crippen LogP contribution is 2.23. The van der Waals surface area contributed by atoms with Gasteiger partial charge in [-0.05, 0) is 30.3 Å². The third kappa shape index (κ3) is 1.97. The number of rotatable bonds is 1. The van der Waals surface area contributed by atoms with Gasteiger partial charge in [-0.25, -0.2) is 4.98 Å². The van der Waals surface area contributed by atoms with Crippen LogP contribution < -0.4 is 11.3 Å². The van der Waals surface area contributed by atoms with Gasteiger partial charge in [-0.1, -0.05) is 12.1 Å². The van der Waals surface area contributed by atoms with Gasteiger partial charge in [0.25, 0.3) is 5.56 Å². The zero-order valence-corrected chi connectivity index (χ0v) is 10.5. The van der Waals surface area contributed by atoms with Crippen molar-refractivity contribution in [2.24, 2.45) is 7.05 Å². The number of hydrogen-bond donors (Lipinski definition) is 1. The number of pyridine rings is 2. The molecule has 0 bridgehead atoms. The topological polar surface area (TPSA) is 60.9 Å². The molecule has 0 spiro atoms. The van der Waals surface area contributed by atoms with Gasteiger partial charge in [-0.2, -0.15) is 0 Å². The molecule has 0 aliphatic carbocycles. The molecule has 2 N–H and O–H groups in total. The Kier molecular flexibility index (Phi) is 2.56. The van der Waals surface area contributed by atoms with Crippen LogP contribution in [0, 0.1) is 0 Å².